The zero-order valence-electron chi connectivity index (χ0n) is 13.5. The van der Waals surface area contributed by atoms with E-state index in [1.54, 1.807) is 30.0 Å². The largest absolute Gasteiger partial charge is 0.493 e. The van der Waals surface area contributed by atoms with E-state index >= 15 is 0 Å². The molecule has 118 valence electrons. The van der Waals surface area contributed by atoms with Gasteiger partial charge in [0.15, 0.2) is 11.5 Å². The Morgan fingerprint density at radius 2 is 1.86 bits per heavy atom. The van der Waals surface area contributed by atoms with Crippen LogP contribution in [0.4, 0.5) is 5.82 Å². The van der Waals surface area contributed by atoms with E-state index < -0.39 is 0 Å². The monoisotopic (exact) mass is 303 g/mol. The topological polar surface area (TPSA) is 65.4 Å². The first kappa shape index (κ1) is 15.9. The van der Waals surface area contributed by atoms with Gasteiger partial charge in [0.25, 0.3) is 5.91 Å². The highest BCUT2D eigenvalue weighted by atomic mass is 16.5. The van der Waals surface area contributed by atoms with Gasteiger partial charge in [0.2, 0.25) is 0 Å². The first-order chi connectivity index (χ1) is 10.5. The quantitative estimate of drug-likeness (QED) is 0.922. The molecule has 2 rings (SSSR count). The number of carbonyl (C=O) groups is 1. The summed E-state index contributed by atoms with van der Waals surface area (Å²) in [6, 6.07) is 7.06. The fourth-order valence-corrected chi connectivity index (χ4v) is 2.17. The van der Waals surface area contributed by atoms with E-state index in [4.69, 9.17) is 9.47 Å². The molecule has 1 amide bonds. The number of hydrogen-bond acceptors (Lipinski definition) is 4. The predicted molar refractivity (Wildman–Crippen MR) is 84.8 cm³/mol. The van der Waals surface area contributed by atoms with E-state index in [1.165, 1.54) is 7.11 Å². The van der Waals surface area contributed by atoms with Gasteiger partial charge >= 0.3 is 0 Å². The van der Waals surface area contributed by atoms with Crippen molar-refractivity contribution >= 4 is 11.7 Å². The number of rotatable bonds is 5. The Balaban J connectivity index is 2.26. The van der Waals surface area contributed by atoms with Crippen molar-refractivity contribution in [2.75, 3.05) is 19.5 Å². The molecule has 22 heavy (non-hydrogen) atoms. The van der Waals surface area contributed by atoms with Crippen LogP contribution < -0.4 is 14.8 Å². The standard InChI is InChI=1S/C16H21N3O3/c1-10(2)19-15(8-11(3)18-19)17-16(20)12-6-7-13(21-4)14(9-12)22-5/h6-10H,1-5H3,(H,17,20). The average Bonchev–Trinajstić information content (AvgIpc) is 2.87. The van der Waals surface area contributed by atoms with Gasteiger partial charge in [0.1, 0.15) is 5.82 Å². The Kier molecular flexibility index (Phi) is 4.70. The Labute approximate surface area is 130 Å². The molecule has 1 aromatic carbocycles. The van der Waals surface area contributed by atoms with Crippen LogP contribution in [-0.2, 0) is 0 Å². The van der Waals surface area contributed by atoms with Gasteiger partial charge in [0, 0.05) is 17.7 Å². The Morgan fingerprint density at radius 3 is 2.45 bits per heavy atom. The molecule has 0 unspecified atom stereocenters. The SMILES string of the molecule is COc1ccc(C(=O)Nc2cc(C)nn2C(C)C)cc1OC. The van der Waals surface area contributed by atoms with Gasteiger partial charge < -0.3 is 14.8 Å². The summed E-state index contributed by atoms with van der Waals surface area (Å²) in [7, 11) is 3.10. The fourth-order valence-electron chi connectivity index (χ4n) is 2.17. The summed E-state index contributed by atoms with van der Waals surface area (Å²) in [6.07, 6.45) is 0. The summed E-state index contributed by atoms with van der Waals surface area (Å²) in [5.41, 5.74) is 1.35. The molecule has 0 radical (unpaired) electrons. The van der Waals surface area contributed by atoms with Crippen LogP contribution in [0.1, 0.15) is 35.9 Å². The molecule has 2 aromatic rings. The zero-order chi connectivity index (χ0) is 16.3. The highest BCUT2D eigenvalue weighted by molar-refractivity contribution is 6.04. The number of methoxy groups -OCH3 is 2. The molecule has 0 aliphatic carbocycles. The maximum Gasteiger partial charge on any atom is 0.256 e. The number of amides is 1. The maximum atomic E-state index is 12.4. The molecule has 0 spiro atoms. The van der Waals surface area contributed by atoms with Gasteiger partial charge in [-0.2, -0.15) is 5.10 Å². The lowest BCUT2D eigenvalue weighted by Gasteiger charge is -2.13. The number of aryl methyl sites for hydroxylation is 1. The zero-order valence-corrected chi connectivity index (χ0v) is 13.5. The summed E-state index contributed by atoms with van der Waals surface area (Å²) < 4.78 is 12.2. The van der Waals surface area contributed by atoms with Crippen molar-refractivity contribution in [2.24, 2.45) is 0 Å². The van der Waals surface area contributed by atoms with Gasteiger partial charge in [-0.25, -0.2) is 4.68 Å². The molecule has 1 N–H and O–H groups in total. The normalized spacial score (nSPS) is 10.6. The van der Waals surface area contributed by atoms with Crippen molar-refractivity contribution in [2.45, 2.75) is 26.8 Å². The summed E-state index contributed by atoms with van der Waals surface area (Å²) in [5.74, 6) is 1.56. The summed E-state index contributed by atoms with van der Waals surface area (Å²) in [6.45, 7) is 5.92. The third-order valence-electron chi connectivity index (χ3n) is 3.23. The third-order valence-corrected chi connectivity index (χ3v) is 3.23. The molecule has 6 heteroatoms. The molecule has 1 aromatic heterocycles. The molecule has 0 aliphatic rings. The van der Waals surface area contributed by atoms with Crippen molar-refractivity contribution in [1.82, 2.24) is 9.78 Å². The fraction of sp³-hybridized carbons (Fsp3) is 0.375. The van der Waals surface area contributed by atoms with Crippen LogP contribution in [0.25, 0.3) is 0 Å². The lowest BCUT2D eigenvalue weighted by atomic mass is 10.2. The van der Waals surface area contributed by atoms with Crippen LogP contribution in [0, 0.1) is 6.92 Å². The lowest BCUT2D eigenvalue weighted by Crippen LogP contribution is -2.16. The Morgan fingerprint density at radius 1 is 1.18 bits per heavy atom. The smallest absolute Gasteiger partial charge is 0.256 e. The predicted octanol–water partition coefficient (Wildman–Crippen LogP) is 3.04. The van der Waals surface area contributed by atoms with Crippen LogP contribution in [0.2, 0.25) is 0 Å². The molecule has 0 aliphatic heterocycles. The second kappa shape index (κ2) is 6.51. The van der Waals surface area contributed by atoms with E-state index in [2.05, 4.69) is 10.4 Å². The van der Waals surface area contributed by atoms with Gasteiger partial charge in [-0.05, 0) is 39.0 Å². The van der Waals surface area contributed by atoms with Crippen LogP contribution in [0.15, 0.2) is 24.3 Å². The second-order valence-corrected chi connectivity index (χ2v) is 5.23. The highest BCUT2D eigenvalue weighted by Gasteiger charge is 2.15. The van der Waals surface area contributed by atoms with E-state index in [0.717, 1.165) is 5.69 Å². The number of nitrogens with one attached hydrogen (secondary N) is 1. The number of aromatic nitrogens is 2. The molecular weight excluding hydrogens is 282 g/mol. The number of benzene rings is 1. The minimum absolute atomic E-state index is 0.161. The van der Waals surface area contributed by atoms with E-state index in [9.17, 15) is 4.79 Å². The Bertz CT molecular complexity index is 677. The van der Waals surface area contributed by atoms with Gasteiger partial charge in [-0.3, -0.25) is 4.79 Å². The van der Waals surface area contributed by atoms with Crippen LogP contribution >= 0.6 is 0 Å². The lowest BCUT2D eigenvalue weighted by molar-refractivity contribution is 0.102. The average molecular weight is 303 g/mol. The van der Waals surface area contributed by atoms with E-state index in [1.807, 2.05) is 26.8 Å². The van der Waals surface area contributed by atoms with Crippen LogP contribution in [-0.4, -0.2) is 29.9 Å². The molecule has 0 atom stereocenters. The summed E-state index contributed by atoms with van der Waals surface area (Å²) in [5, 5.41) is 7.26. The second-order valence-electron chi connectivity index (χ2n) is 5.23. The van der Waals surface area contributed by atoms with Gasteiger partial charge in [0.05, 0.1) is 19.9 Å². The van der Waals surface area contributed by atoms with Crippen molar-refractivity contribution in [3.63, 3.8) is 0 Å². The van der Waals surface area contributed by atoms with Crippen LogP contribution in [0.5, 0.6) is 11.5 Å². The molecule has 6 nitrogen and oxygen atoms in total. The molecule has 0 saturated heterocycles. The molecule has 0 fully saturated rings. The summed E-state index contributed by atoms with van der Waals surface area (Å²) >= 11 is 0. The number of hydrogen-bond donors (Lipinski definition) is 1. The Hall–Kier alpha value is -2.50. The van der Waals surface area contributed by atoms with Crippen molar-refractivity contribution in [1.29, 1.82) is 0 Å². The van der Waals surface area contributed by atoms with Crippen molar-refractivity contribution < 1.29 is 14.3 Å². The molecule has 1 heterocycles. The van der Waals surface area contributed by atoms with Gasteiger partial charge in [-0.1, -0.05) is 0 Å². The minimum atomic E-state index is -0.220. The summed E-state index contributed by atoms with van der Waals surface area (Å²) in [4.78, 5) is 12.4. The van der Waals surface area contributed by atoms with Crippen LogP contribution in [0.3, 0.4) is 0 Å². The molecule has 0 saturated carbocycles. The number of ether oxygens (including phenoxy) is 2. The first-order valence-electron chi connectivity index (χ1n) is 7.05. The molecule has 0 bridgehead atoms. The molecular formula is C16H21N3O3. The van der Waals surface area contributed by atoms with Crippen molar-refractivity contribution in [3.05, 3.63) is 35.5 Å². The number of anilines is 1. The minimum Gasteiger partial charge on any atom is -0.493 e. The first-order valence-corrected chi connectivity index (χ1v) is 7.05. The van der Waals surface area contributed by atoms with E-state index in [-0.39, 0.29) is 11.9 Å². The third kappa shape index (κ3) is 3.21. The van der Waals surface area contributed by atoms with Crippen molar-refractivity contribution in [3.8, 4) is 11.5 Å². The van der Waals surface area contributed by atoms with Gasteiger partial charge in [-0.15, -0.1) is 0 Å². The number of carbonyl (C=O) groups excluding carboxylic acids is 1. The number of nitrogens with zero attached hydrogens (tertiary/aromatic N) is 2. The highest BCUT2D eigenvalue weighted by Crippen LogP contribution is 2.28. The maximum absolute atomic E-state index is 12.4. The van der Waals surface area contributed by atoms with E-state index in [0.29, 0.717) is 22.9 Å².